The van der Waals surface area contributed by atoms with E-state index in [1.807, 2.05) is 0 Å². The first-order valence-corrected chi connectivity index (χ1v) is 56.2. The van der Waals surface area contributed by atoms with Gasteiger partial charge in [-0.2, -0.15) is 33.7 Å². The van der Waals surface area contributed by atoms with Gasteiger partial charge in [-0.05, 0) is 44.9 Å². The Balaban J connectivity index is -0.000000149. The molecule has 0 aliphatic heterocycles. The fourth-order valence-corrected chi connectivity index (χ4v) is 14.5. The molecule has 0 aliphatic carbocycles. The summed E-state index contributed by atoms with van der Waals surface area (Å²) in [5, 5.41) is 0. The number of rotatable bonds is 84. The smallest absolute Gasteiger partial charge is 0.726 e. The quantitative estimate of drug-likeness (QED) is 0.0190. The second kappa shape index (κ2) is 112. The molecule has 0 atom stereocenters. The molecule has 0 aromatic carbocycles. The maximum Gasteiger partial charge on any atom is 1.00 e. The minimum atomic E-state index is -4.48. The van der Waals surface area contributed by atoms with Crippen LogP contribution < -0.4 is 88.7 Å². The van der Waals surface area contributed by atoms with E-state index in [1.165, 1.54) is 315 Å². The van der Waals surface area contributed by atoms with Crippen LogP contribution in [0, 0.1) is 0 Å². The molecule has 0 aromatic rings. The van der Waals surface area contributed by atoms with Crippen molar-refractivity contribution in [3.63, 3.8) is 0 Å². The van der Waals surface area contributed by atoms with Gasteiger partial charge in [0.2, 0.25) is 31.2 Å². The summed E-state index contributed by atoms with van der Waals surface area (Å²) in [6.45, 7) is 16.0. The zero-order valence-electron chi connectivity index (χ0n) is 78.9. The first-order valence-electron chi connectivity index (χ1n) is 46.7. The molecule has 28 nitrogen and oxygen atoms in total. The fourth-order valence-electron chi connectivity index (χ4n) is 12.3. The molecule has 38 heteroatoms. The molecule has 0 unspecified atom stereocenters. The topological polar surface area (TPSA) is 454 Å². The SMILES string of the molecule is CCCCCCCCCCCCOS(=O)(=O)O.CCCCCCCCCCCCOS(=O)(=O)O.CCCCCCCCCCCCOS(=O)(=O)O.CCCCCCCCCCCCOS(=O)(=O)O.CCCCCCCCCCCCOS(=O)(=O)[O-].CCCCCCCCCCCCOS(=O)(=O)[O-].CCCCCCCCCCCCOS(=O)(=O)[O-].[Na+].[Na+].[Na+]. The third kappa shape index (κ3) is 179. The van der Waals surface area contributed by atoms with Crippen molar-refractivity contribution in [1.29, 1.82) is 0 Å². The second-order valence-electron chi connectivity index (χ2n) is 31.0. The Morgan fingerprint density at radius 1 is 0.148 bits per heavy atom. The summed E-state index contributed by atoms with van der Waals surface area (Å²) in [6.07, 6.45) is 82.5. The first-order chi connectivity index (χ1) is 56.4. The maximum atomic E-state index is 10.2. The molecule has 122 heavy (non-hydrogen) atoms. The third-order valence-electron chi connectivity index (χ3n) is 19.1. The summed E-state index contributed by atoms with van der Waals surface area (Å²) >= 11 is 0. The Bertz CT molecular complexity index is 2300. The van der Waals surface area contributed by atoms with Gasteiger partial charge in [0, 0.05) is 0 Å². The molecule has 0 fully saturated rings. The predicted molar refractivity (Wildman–Crippen MR) is 480 cm³/mol. The monoisotopic (exact) mass is 1930 g/mol. The molecule has 0 bridgehead atoms. The summed E-state index contributed by atoms with van der Waals surface area (Å²) in [6, 6.07) is 0. The van der Waals surface area contributed by atoms with Crippen LogP contribution in [-0.4, -0.2) is 137 Å². The summed E-state index contributed by atoms with van der Waals surface area (Å²) in [7, 11) is -30.4. The van der Waals surface area contributed by atoms with Crippen LogP contribution in [0.1, 0.15) is 498 Å². The van der Waals surface area contributed by atoms with E-state index in [0.29, 0.717) is 44.9 Å². The van der Waals surface area contributed by atoms with Crippen molar-refractivity contribution in [2.24, 2.45) is 0 Å². The Morgan fingerprint density at radius 3 is 0.295 bits per heavy atom. The normalized spacial score (nSPS) is 11.6. The average Bonchev–Trinajstić information content (AvgIpc) is 1.03. The fraction of sp³-hybridized carbons (Fsp3) is 1.00. The largest absolute Gasteiger partial charge is 1.00 e. The van der Waals surface area contributed by atoms with Crippen LogP contribution >= 0.6 is 0 Å². The summed E-state index contributed by atoms with van der Waals surface area (Å²) < 4.78 is 235. The van der Waals surface area contributed by atoms with Crippen molar-refractivity contribution >= 4 is 72.8 Å². The molecule has 0 rings (SSSR count). The van der Waals surface area contributed by atoms with Crippen LogP contribution in [0.15, 0.2) is 0 Å². The van der Waals surface area contributed by atoms with E-state index in [-0.39, 0.29) is 135 Å². The molecular weight excluding hydrogens is 1750 g/mol. The van der Waals surface area contributed by atoms with Gasteiger partial charge in [0.15, 0.2) is 0 Å². The number of hydrogen-bond acceptors (Lipinski definition) is 24. The molecule has 0 aromatic heterocycles. The van der Waals surface area contributed by atoms with Gasteiger partial charge in [0.05, 0.1) is 46.2 Å². The van der Waals surface area contributed by atoms with Gasteiger partial charge in [0.1, 0.15) is 0 Å². The van der Waals surface area contributed by atoms with Crippen LogP contribution in [-0.2, 0) is 102 Å². The van der Waals surface area contributed by atoms with Gasteiger partial charge >= 0.3 is 130 Å². The van der Waals surface area contributed by atoms with E-state index in [0.717, 1.165) is 89.9 Å². The molecule has 0 amide bonds. The third-order valence-corrected chi connectivity index (χ3v) is 22.3. The van der Waals surface area contributed by atoms with Crippen LogP contribution in [0.2, 0.25) is 0 Å². The average molecular weight is 1930 g/mol. The minimum absolute atomic E-state index is 0. The summed E-state index contributed by atoms with van der Waals surface area (Å²) in [4.78, 5) is 0. The van der Waals surface area contributed by atoms with Crippen molar-refractivity contribution in [2.45, 2.75) is 498 Å². The van der Waals surface area contributed by atoms with E-state index >= 15 is 0 Å². The summed E-state index contributed by atoms with van der Waals surface area (Å²) in [5.41, 5.74) is 0. The van der Waals surface area contributed by atoms with Crippen molar-refractivity contribution in [2.75, 3.05) is 46.2 Å². The minimum Gasteiger partial charge on any atom is -0.726 e. The van der Waals surface area contributed by atoms with Crippen LogP contribution in [0.4, 0.5) is 0 Å². The van der Waals surface area contributed by atoms with E-state index < -0.39 is 72.8 Å². The Hall–Kier alpha value is 2.09. The van der Waals surface area contributed by atoms with Crippen molar-refractivity contribution < 1.29 is 209 Å². The van der Waals surface area contributed by atoms with Crippen LogP contribution in [0.3, 0.4) is 0 Å². The molecular formula is C84H179Na3O28S7. The zero-order valence-corrected chi connectivity index (χ0v) is 90.6. The van der Waals surface area contributed by atoms with Gasteiger partial charge in [0.25, 0.3) is 0 Å². The van der Waals surface area contributed by atoms with E-state index in [9.17, 15) is 72.6 Å². The Labute approximate surface area is 817 Å². The molecule has 0 heterocycles. The van der Waals surface area contributed by atoms with Gasteiger partial charge in [-0.15, -0.1) is 0 Å². The van der Waals surface area contributed by atoms with Crippen molar-refractivity contribution in [3.05, 3.63) is 0 Å². The van der Waals surface area contributed by atoms with Crippen LogP contribution in [0.25, 0.3) is 0 Å². The van der Waals surface area contributed by atoms with Gasteiger partial charge in [-0.3, -0.25) is 30.8 Å². The van der Waals surface area contributed by atoms with Gasteiger partial charge in [-0.1, -0.05) is 453 Å². The second-order valence-corrected chi connectivity index (χ2v) is 38.5. The van der Waals surface area contributed by atoms with Crippen molar-refractivity contribution in [3.8, 4) is 0 Å². The molecule has 0 saturated carbocycles. The summed E-state index contributed by atoms with van der Waals surface area (Å²) in [5.74, 6) is 0. The van der Waals surface area contributed by atoms with E-state index in [2.05, 4.69) is 77.7 Å². The number of unbranched alkanes of at least 4 members (excludes halogenated alkanes) is 63. The molecule has 0 radical (unpaired) electrons. The Morgan fingerprint density at radius 2 is 0.221 bits per heavy atom. The molecule has 4 N–H and O–H groups in total. The predicted octanol–water partition coefficient (Wildman–Crippen LogP) is 16.1. The molecule has 0 aliphatic rings. The van der Waals surface area contributed by atoms with Gasteiger partial charge < -0.3 is 13.7 Å². The molecule has 0 saturated heterocycles. The Kier molecular flexibility index (Phi) is 132. The molecule has 728 valence electrons. The zero-order chi connectivity index (χ0) is 90.9. The molecule has 0 spiro atoms. The maximum absolute atomic E-state index is 10.2. The van der Waals surface area contributed by atoms with Crippen molar-refractivity contribution in [1.82, 2.24) is 0 Å². The number of hydrogen-bond donors (Lipinski definition) is 4. The standard InChI is InChI=1S/7C12H26O4S.3Na/c7*1-2-3-4-5-6-7-8-9-10-11-12-16-17(13,14)15;;;/h7*2-12H2,1H3,(H,13,14,15);;;/q;;;;;;;3*+1/p-3. The first kappa shape index (κ1) is 144. The van der Waals surface area contributed by atoms with Crippen LogP contribution in [0.5, 0.6) is 0 Å². The van der Waals surface area contributed by atoms with E-state index in [4.69, 9.17) is 18.2 Å². The van der Waals surface area contributed by atoms with E-state index in [1.54, 1.807) is 0 Å². The van der Waals surface area contributed by atoms with Gasteiger partial charge in [-0.25, -0.2) is 42.0 Å².